The number of anilines is 1. The van der Waals surface area contributed by atoms with Crippen molar-refractivity contribution in [2.75, 3.05) is 5.32 Å². The van der Waals surface area contributed by atoms with E-state index >= 15 is 0 Å². The number of hydrogen-bond acceptors (Lipinski definition) is 3. The lowest BCUT2D eigenvalue weighted by atomic mass is 9.82. The Labute approximate surface area is 199 Å². The SMILES string of the molecule is Cc1cc2c(cn1)cc(-c1cc(NC(=O)C3CC4CCC(Cl)CC4C3)ccc1C)c(=O)n2C. The van der Waals surface area contributed by atoms with Gasteiger partial charge in [-0.25, -0.2) is 0 Å². The standard InChI is InChI=1S/C27H30ClN3O2/c1-15-4-7-22(30-26(32)19-9-17-5-6-21(28)11-18(17)10-19)13-23(15)24-12-20-14-29-16(2)8-25(20)31(3)27(24)33/h4,7-8,12-14,17-19,21H,5-6,9-11H2,1-3H3,(H,30,32). The zero-order valence-corrected chi connectivity index (χ0v) is 20.2. The first kappa shape index (κ1) is 22.1. The van der Waals surface area contributed by atoms with Gasteiger partial charge in [0.15, 0.2) is 0 Å². The molecular formula is C27H30ClN3O2. The molecule has 0 bridgehead atoms. The molecule has 4 atom stereocenters. The number of amides is 1. The molecule has 4 unspecified atom stereocenters. The third-order valence-corrected chi connectivity index (χ3v) is 8.06. The molecule has 2 saturated carbocycles. The molecule has 2 aromatic heterocycles. The number of alkyl halides is 1. The molecule has 5 rings (SSSR count). The second kappa shape index (κ2) is 8.60. The number of aryl methyl sites for hydroxylation is 3. The molecule has 6 heteroatoms. The second-order valence-corrected chi connectivity index (χ2v) is 10.5. The van der Waals surface area contributed by atoms with Gasteiger partial charge in [0.1, 0.15) is 0 Å². The van der Waals surface area contributed by atoms with Crippen LogP contribution in [0.3, 0.4) is 0 Å². The largest absolute Gasteiger partial charge is 0.326 e. The van der Waals surface area contributed by atoms with Gasteiger partial charge in [-0.05, 0) is 93.2 Å². The van der Waals surface area contributed by atoms with Crippen molar-refractivity contribution in [2.24, 2.45) is 24.8 Å². The van der Waals surface area contributed by atoms with Crippen molar-refractivity contribution in [1.29, 1.82) is 0 Å². The molecule has 172 valence electrons. The third kappa shape index (κ3) is 4.19. The first-order valence-electron chi connectivity index (χ1n) is 11.8. The monoisotopic (exact) mass is 463 g/mol. The van der Waals surface area contributed by atoms with Crippen LogP contribution in [0.1, 0.15) is 43.4 Å². The number of hydrogen-bond donors (Lipinski definition) is 1. The summed E-state index contributed by atoms with van der Waals surface area (Å²) < 4.78 is 1.68. The van der Waals surface area contributed by atoms with Gasteiger partial charge in [0, 0.05) is 46.9 Å². The predicted molar refractivity (Wildman–Crippen MR) is 134 cm³/mol. The van der Waals surface area contributed by atoms with E-state index in [1.165, 1.54) is 0 Å². The van der Waals surface area contributed by atoms with Crippen LogP contribution in [0.25, 0.3) is 22.0 Å². The van der Waals surface area contributed by atoms with Gasteiger partial charge in [0.25, 0.3) is 5.56 Å². The Hall–Kier alpha value is -2.66. The van der Waals surface area contributed by atoms with Crippen LogP contribution in [0.4, 0.5) is 5.69 Å². The lowest BCUT2D eigenvalue weighted by Gasteiger charge is -2.27. The fourth-order valence-corrected chi connectivity index (χ4v) is 6.16. The summed E-state index contributed by atoms with van der Waals surface area (Å²) in [7, 11) is 1.79. The van der Waals surface area contributed by atoms with E-state index in [9.17, 15) is 9.59 Å². The molecule has 2 fully saturated rings. The summed E-state index contributed by atoms with van der Waals surface area (Å²) in [6, 6.07) is 9.64. The Morgan fingerprint density at radius 1 is 1.06 bits per heavy atom. The van der Waals surface area contributed by atoms with Gasteiger partial charge in [-0.2, -0.15) is 0 Å². The number of carbonyl (C=O) groups excluding carboxylic acids is 1. The van der Waals surface area contributed by atoms with Crippen molar-refractivity contribution in [3.63, 3.8) is 0 Å². The number of nitrogens with zero attached hydrogens (tertiary/aromatic N) is 2. The minimum atomic E-state index is -0.0600. The Bertz CT molecular complexity index is 1300. The van der Waals surface area contributed by atoms with Crippen LogP contribution in [-0.4, -0.2) is 20.8 Å². The van der Waals surface area contributed by atoms with Crippen molar-refractivity contribution >= 4 is 34.1 Å². The highest BCUT2D eigenvalue weighted by Crippen LogP contribution is 2.46. The van der Waals surface area contributed by atoms with Crippen LogP contribution in [0.5, 0.6) is 0 Å². The van der Waals surface area contributed by atoms with Crippen LogP contribution in [-0.2, 0) is 11.8 Å². The van der Waals surface area contributed by atoms with Gasteiger partial charge in [-0.3, -0.25) is 14.6 Å². The van der Waals surface area contributed by atoms with E-state index < -0.39 is 0 Å². The van der Waals surface area contributed by atoms with Gasteiger partial charge in [0.05, 0.1) is 5.52 Å². The maximum absolute atomic E-state index is 13.2. The quantitative estimate of drug-likeness (QED) is 0.515. The van der Waals surface area contributed by atoms with Gasteiger partial charge in [0.2, 0.25) is 5.91 Å². The maximum Gasteiger partial charge on any atom is 0.258 e. The number of aromatic nitrogens is 2. The summed E-state index contributed by atoms with van der Waals surface area (Å²) in [6.07, 6.45) is 6.92. The number of carbonyl (C=O) groups is 1. The number of benzene rings is 1. The third-order valence-electron chi connectivity index (χ3n) is 7.66. The normalized spacial score (nSPS) is 24.6. The van der Waals surface area contributed by atoms with Crippen LogP contribution in [0, 0.1) is 31.6 Å². The zero-order valence-electron chi connectivity index (χ0n) is 19.4. The zero-order chi connectivity index (χ0) is 23.3. The number of pyridine rings is 2. The molecule has 5 nitrogen and oxygen atoms in total. The van der Waals surface area contributed by atoms with E-state index in [-0.39, 0.29) is 22.8 Å². The molecule has 3 aromatic rings. The molecule has 0 spiro atoms. The molecule has 33 heavy (non-hydrogen) atoms. The predicted octanol–water partition coefficient (Wildman–Crippen LogP) is 5.59. The molecule has 1 N–H and O–H groups in total. The van der Waals surface area contributed by atoms with Crippen molar-refractivity contribution < 1.29 is 4.79 Å². The summed E-state index contributed by atoms with van der Waals surface area (Å²) in [5.74, 6) is 1.32. The Morgan fingerprint density at radius 2 is 1.85 bits per heavy atom. The number of halogens is 1. The molecule has 0 aliphatic heterocycles. The molecule has 1 aromatic carbocycles. The number of rotatable bonds is 3. The maximum atomic E-state index is 13.2. The summed E-state index contributed by atoms with van der Waals surface area (Å²) in [5.41, 5.74) is 4.85. The van der Waals surface area contributed by atoms with Crippen LogP contribution < -0.4 is 10.9 Å². The topological polar surface area (TPSA) is 64.0 Å². The van der Waals surface area contributed by atoms with Crippen LogP contribution in [0.2, 0.25) is 0 Å². The van der Waals surface area contributed by atoms with E-state index in [0.29, 0.717) is 17.4 Å². The van der Waals surface area contributed by atoms with E-state index in [0.717, 1.165) is 65.5 Å². The molecule has 0 radical (unpaired) electrons. The van der Waals surface area contributed by atoms with E-state index in [1.54, 1.807) is 17.8 Å². The fraction of sp³-hybridized carbons (Fsp3) is 0.444. The minimum absolute atomic E-state index is 0.0366. The fourth-order valence-electron chi connectivity index (χ4n) is 5.80. The highest BCUT2D eigenvalue weighted by Gasteiger charge is 2.40. The summed E-state index contributed by atoms with van der Waals surface area (Å²) in [6.45, 7) is 3.91. The Morgan fingerprint density at radius 3 is 2.67 bits per heavy atom. The summed E-state index contributed by atoms with van der Waals surface area (Å²) >= 11 is 6.37. The van der Waals surface area contributed by atoms with Gasteiger partial charge in [-0.15, -0.1) is 11.6 Å². The highest BCUT2D eigenvalue weighted by atomic mass is 35.5. The first-order chi connectivity index (χ1) is 15.8. The molecular weight excluding hydrogens is 434 g/mol. The second-order valence-electron chi connectivity index (χ2n) is 9.92. The summed E-state index contributed by atoms with van der Waals surface area (Å²) in [4.78, 5) is 30.7. The van der Waals surface area contributed by atoms with E-state index in [1.807, 2.05) is 44.2 Å². The highest BCUT2D eigenvalue weighted by molar-refractivity contribution is 6.20. The van der Waals surface area contributed by atoms with Crippen LogP contribution in [0.15, 0.2) is 41.3 Å². The van der Waals surface area contributed by atoms with Gasteiger partial charge < -0.3 is 9.88 Å². The minimum Gasteiger partial charge on any atom is -0.326 e. The lowest BCUT2D eigenvalue weighted by molar-refractivity contribution is -0.119. The molecule has 2 heterocycles. The van der Waals surface area contributed by atoms with Crippen molar-refractivity contribution in [2.45, 2.75) is 51.3 Å². The van der Waals surface area contributed by atoms with Gasteiger partial charge in [-0.1, -0.05) is 6.07 Å². The number of nitrogens with one attached hydrogen (secondary N) is 1. The van der Waals surface area contributed by atoms with Crippen molar-refractivity contribution in [1.82, 2.24) is 9.55 Å². The van der Waals surface area contributed by atoms with Crippen molar-refractivity contribution in [3.8, 4) is 11.1 Å². The smallest absolute Gasteiger partial charge is 0.258 e. The first-order valence-corrected chi connectivity index (χ1v) is 12.3. The van der Waals surface area contributed by atoms with Gasteiger partial charge >= 0.3 is 0 Å². The Balaban J connectivity index is 1.42. The lowest BCUT2D eigenvalue weighted by Crippen LogP contribution is -2.21. The molecule has 2 aliphatic rings. The molecule has 2 aliphatic carbocycles. The number of fused-ring (bicyclic) bond motifs is 2. The van der Waals surface area contributed by atoms with Crippen molar-refractivity contribution in [3.05, 3.63) is 58.1 Å². The molecule has 1 amide bonds. The van der Waals surface area contributed by atoms with E-state index in [2.05, 4.69) is 10.3 Å². The van der Waals surface area contributed by atoms with Crippen LogP contribution >= 0.6 is 11.6 Å². The average molecular weight is 464 g/mol. The molecule has 0 saturated heterocycles. The average Bonchev–Trinajstić information content (AvgIpc) is 3.21. The summed E-state index contributed by atoms with van der Waals surface area (Å²) in [5, 5.41) is 4.30. The van der Waals surface area contributed by atoms with E-state index in [4.69, 9.17) is 11.6 Å². The Kier molecular flexibility index (Phi) is 5.77.